The zero-order valence-corrected chi connectivity index (χ0v) is 21.1. The summed E-state index contributed by atoms with van der Waals surface area (Å²) in [6.07, 6.45) is -2.26. The number of ether oxygens (including phenoxy) is 9. The molecule has 0 N–H and O–H groups in total. The van der Waals surface area contributed by atoms with E-state index in [4.69, 9.17) is 47.5 Å². The molecule has 0 bridgehead atoms. The summed E-state index contributed by atoms with van der Waals surface area (Å²) in [6.45, 7) is 7.65. The largest absolute Gasteiger partial charge is 0.493 e. The van der Waals surface area contributed by atoms with Crippen molar-refractivity contribution in [1.29, 1.82) is 0 Å². The van der Waals surface area contributed by atoms with Crippen molar-refractivity contribution in [2.75, 3.05) is 27.9 Å². The third kappa shape index (κ3) is 4.68. The van der Waals surface area contributed by atoms with Gasteiger partial charge in [0, 0.05) is 5.56 Å². The van der Waals surface area contributed by atoms with E-state index in [1.165, 1.54) is 0 Å². The number of nitrogens with zero attached hydrogens (tertiary/aromatic N) is 1. The maximum absolute atomic E-state index is 6.19. The summed E-state index contributed by atoms with van der Waals surface area (Å²) in [5.74, 6) is 0.0370. The first-order valence-electron chi connectivity index (χ1n) is 11.6. The summed E-state index contributed by atoms with van der Waals surface area (Å²) in [4.78, 5) is 5.56. The Balaban J connectivity index is 1.24. The fraction of sp³-hybridized carbons (Fsp3) is 0.708. The predicted octanol–water partition coefficient (Wildman–Crippen LogP) is 2.58. The van der Waals surface area contributed by atoms with Crippen LogP contribution in [0.1, 0.15) is 39.7 Å². The maximum atomic E-state index is 6.19. The van der Waals surface area contributed by atoms with Crippen molar-refractivity contribution in [3.8, 4) is 17.2 Å². The van der Waals surface area contributed by atoms with Crippen LogP contribution in [0.15, 0.2) is 17.3 Å². The van der Waals surface area contributed by atoms with Crippen molar-refractivity contribution in [3.63, 3.8) is 0 Å². The second-order valence-electron chi connectivity index (χ2n) is 9.73. The van der Waals surface area contributed by atoms with Crippen LogP contribution in [-0.4, -0.2) is 82.2 Å². The molecule has 35 heavy (non-hydrogen) atoms. The summed E-state index contributed by atoms with van der Waals surface area (Å²) in [7, 11) is 4.70. The minimum absolute atomic E-state index is 0.205. The van der Waals surface area contributed by atoms with E-state index in [2.05, 4.69) is 5.16 Å². The van der Waals surface area contributed by atoms with Gasteiger partial charge in [0.1, 0.15) is 24.4 Å². The highest BCUT2D eigenvalue weighted by Crippen LogP contribution is 2.44. The van der Waals surface area contributed by atoms with Crippen molar-refractivity contribution in [2.45, 2.75) is 82.7 Å². The second kappa shape index (κ2) is 9.06. The third-order valence-corrected chi connectivity index (χ3v) is 6.34. The summed E-state index contributed by atoms with van der Waals surface area (Å²) in [5, 5.41) is 4.22. The molecule has 4 heterocycles. The topological polar surface area (TPSA) is 105 Å². The van der Waals surface area contributed by atoms with Crippen LogP contribution >= 0.6 is 0 Å². The highest BCUT2D eigenvalue weighted by Gasteiger charge is 2.60. The lowest BCUT2D eigenvalue weighted by Crippen LogP contribution is -2.56. The number of rotatable bonds is 7. The molecule has 0 aromatic heterocycles. The Morgan fingerprint density at radius 2 is 1.49 bits per heavy atom. The Morgan fingerprint density at radius 1 is 0.857 bits per heavy atom. The fourth-order valence-corrected chi connectivity index (χ4v) is 4.89. The SMILES string of the molecule is COc1cc(C2=NO[C@H](OC[C@H]3O[C@@H]4OC(C)(C)O[C@@H]4[C@H]4OC(C)(C)O[C@H]43)C2)cc(OC)c1OC. The van der Waals surface area contributed by atoms with E-state index in [1.54, 1.807) is 21.3 Å². The van der Waals surface area contributed by atoms with Crippen LogP contribution in [0.4, 0.5) is 0 Å². The molecule has 6 atom stereocenters. The van der Waals surface area contributed by atoms with Crippen LogP contribution in [0.2, 0.25) is 0 Å². The summed E-state index contributed by atoms with van der Waals surface area (Å²) < 4.78 is 52.8. The minimum atomic E-state index is -0.774. The monoisotopic (exact) mass is 495 g/mol. The number of oxime groups is 1. The minimum Gasteiger partial charge on any atom is -0.493 e. The van der Waals surface area contributed by atoms with Gasteiger partial charge in [-0.2, -0.15) is 0 Å². The average Bonchev–Trinajstić information content (AvgIpc) is 3.50. The molecule has 4 aliphatic heterocycles. The van der Waals surface area contributed by atoms with Crippen LogP contribution in [0.25, 0.3) is 0 Å². The lowest BCUT2D eigenvalue weighted by atomic mass is 9.99. The molecule has 11 nitrogen and oxygen atoms in total. The van der Waals surface area contributed by atoms with Crippen molar-refractivity contribution in [1.82, 2.24) is 0 Å². The van der Waals surface area contributed by atoms with Crippen molar-refractivity contribution in [2.24, 2.45) is 5.16 Å². The highest BCUT2D eigenvalue weighted by molar-refractivity contribution is 6.02. The van der Waals surface area contributed by atoms with Crippen LogP contribution in [0.3, 0.4) is 0 Å². The van der Waals surface area contributed by atoms with Crippen LogP contribution < -0.4 is 14.2 Å². The number of hydrogen-bond acceptors (Lipinski definition) is 11. The first-order chi connectivity index (χ1) is 16.6. The fourth-order valence-electron chi connectivity index (χ4n) is 4.89. The quantitative estimate of drug-likeness (QED) is 0.560. The smallest absolute Gasteiger partial charge is 0.232 e. The lowest BCUT2D eigenvalue weighted by molar-refractivity contribution is -0.254. The van der Waals surface area contributed by atoms with Gasteiger partial charge >= 0.3 is 0 Å². The van der Waals surface area contributed by atoms with Crippen LogP contribution in [0, 0.1) is 0 Å². The van der Waals surface area contributed by atoms with Crippen LogP contribution in [-0.2, 0) is 33.3 Å². The Bertz CT molecular complexity index is 954. The Kier molecular flexibility index (Phi) is 6.35. The number of methoxy groups -OCH3 is 3. The molecule has 5 rings (SSSR count). The van der Waals surface area contributed by atoms with Gasteiger partial charge in [-0.15, -0.1) is 0 Å². The maximum Gasteiger partial charge on any atom is 0.232 e. The third-order valence-electron chi connectivity index (χ3n) is 6.34. The van der Waals surface area contributed by atoms with Gasteiger partial charge in [-0.3, -0.25) is 0 Å². The van der Waals surface area contributed by atoms with E-state index in [0.29, 0.717) is 29.4 Å². The molecule has 0 radical (unpaired) electrons. The van der Waals surface area contributed by atoms with Gasteiger partial charge in [0.25, 0.3) is 0 Å². The van der Waals surface area contributed by atoms with Gasteiger partial charge in [0.15, 0.2) is 29.4 Å². The van der Waals surface area contributed by atoms with E-state index < -0.39 is 30.3 Å². The predicted molar refractivity (Wildman–Crippen MR) is 121 cm³/mol. The van der Waals surface area contributed by atoms with E-state index >= 15 is 0 Å². The van der Waals surface area contributed by atoms with Crippen LogP contribution in [0.5, 0.6) is 17.2 Å². The van der Waals surface area contributed by atoms with Gasteiger partial charge in [0.2, 0.25) is 12.0 Å². The lowest BCUT2D eigenvalue weighted by Gasteiger charge is -2.37. The van der Waals surface area contributed by atoms with Gasteiger partial charge in [-0.1, -0.05) is 5.16 Å². The molecule has 0 unspecified atom stereocenters. The van der Waals surface area contributed by atoms with E-state index in [-0.39, 0.29) is 24.9 Å². The molecular weight excluding hydrogens is 462 g/mol. The zero-order valence-electron chi connectivity index (χ0n) is 21.1. The molecule has 0 aliphatic carbocycles. The zero-order chi connectivity index (χ0) is 25.0. The Morgan fingerprint density at radius 3 is 2.14 bits per heavy atom. The van der Waals surface area contributed by atoms with Crippen molar-refractivity contribution < 1.29 is 47.5 Å². The molecular formula is C24H33NO10. The molecule has 1 aromatic carbocycles. The van der Waals surface area contributed by atoms with Gasteiger partial charge < -0.3 is 47.5 Å². The molecule has 0 saturated carbocycles. The number of benzene rings is 1. The molecule has 4 aliphatic rings. The molecule has 3 fully saturated rings. The summed E-state index contributed by atoms with van der Waals surface area (Å²) in [5.41, 5.74) is 1.49. The second-order valence-corrected chi connectivity index (χ2v) is 9.73. The molecule has 11 heteroatoms. The molecule has 1 aromatic rings. The van der Waals surface area contributed by atoms with Gasteiger partial charge in [-0.05, 0) is 39.8 Å². The van der Waals surface area contributed by atoms with Crippen molar-refractivity contribution >= 4 is 5.71 Å². The van der Waals surface area contributed by atoms with E-state index in [0.717, 1.165) is 5.56 Å². The molecule has 0 spiro atoms. The highest BCUT2D eigenvalue weighted by atomic mass is 16.9. The summed E-state index contributed by atoms with van der Waals surface area (Å²) >= 11 is 0. The number of fused-ring (bicyclic) bond motifs is 3. The molecule has 194 valence electrons. The number of hydrogen-bond donors (Lipinski definition) is 0. The normalized spacial score (nSPS) is 34.5. The first-order valence-corrected chi connectivity index (χ1v) is 11.6. The first kappa shape index (κ1) is 24.5. The van der Waals surface area contributed by atoms with Gasteiger partial charge in [0.05, 0.1) is 40.1 Å². The molecule has 3 saturated heterocycles. The van der Waals surface area contributed by atoms with Crippen molar-refractivity contribution in [3.05, 3.63) is 17.7 Å². The average molecular weight is 496 g/mol. The Labute approximate surface area is 204 Å². The van der Waals surface area contributed by atoms with E-state index in [1.807, 2.05) is 39.8 Å². The Hall–Kier alpha value is -2.15. The van der Waals surface area contributed by atoms with E-state index in [9.17, 15) is 0 Å². The molecule has 0 amide bonds. The summed E-state index contributed by atoms with van der Waals surface area (Å²) in [6, 6.07) is 3.65. The van der Waals surface area contributed by atoms with Gasteiger partial charge in [-0.25, -0.2) is 0 Å². The standard InChI is InChI=1S/C24H33NO10/c1-23(2)31-19-16(30-22-21(20(19)32-23)33-24(3,4)34-22)11-29-17-10-13(25-35-17)12-8-14(26-5)18(28-7)15(9-12)27-6/h8-9,16-17,19-22H,10-11H2,1-7H3/t16-,17+,19+,20+,21-,22-/m1/s1.